The van der Waals surface area contributed by atoms with E-state index in [0.29, 0.717) is 6.54 Å². The first-order chi connectivity index (χ1) is 8.60. The summed E-state index contributed by atoms with van der Waals surface area (Å²) in [6.07, 6.45) is 2.54. The molecule has 0 unspecified atom stereocenters. The summed E-state index contributed by atoms with van der Waals surface area (Å²) in [7, 11) is 0. The molecular formula is C13H15N3O2. The molecule has 0 amide bonds. The Labute approximate surface area is 105 Å². The summed E-state index contributed by atoms with van der Waals surface area (Å²) in [5.74, 6) is -1.10. The van der Waals surface area contributed by atoms with Crippen LogP contribution in [0.1, 0.15) is 28.5 Å². The van der Waals surface area contributed by atoms with Crippen LogP contribution in [0.3, 0.4) is 0 Å². The molecule has 0 saturated carbocycles. The van der Waals surface area contributed by atoms with E-state index in [2.05, 4.69) is 24.2 Å². The van der Waals surface area contributed by atoms with E-state index in [-0.39, 0.29) is 11.4 Å². The fourth-order valence-electron chi connectivity index (χ4n) is 1.75. The van der Waals surface area contributed by atoms with Gasteiger partial charge in [-0.1, -0.05) is 31.2 Å². The molecule has 0 aliphatic rings. The molecule has 0 radical (unpaired) electrons. The number of anilines is 1. The van der Waals surface area contributed by atoms with E-state index in [4.69, 9.17) is 10.8 Å². The summed E-state index contributed by atoms with van der Waals surface area (Å²) in [6, 6.07) is 8.13. The molecule has 0 aliphatic heterocycles. The molecule has 5 nitrogen and oxygen atoms in total. The maximum absolute atomic E-state index is 10.8. The van der Waals surface area contributed by atoms with Crippen molar-refractivity contribution in [3.63, 3.8) is 0 Å². The molecule has 1 aromatic heterocycles. The van der Waals surface area contributed by atoms with Crippen molar-refractivity contribution in [3.05, 3.63) is 47.3 Å². The van der Waals surface area contributed by atoms with Gasteiger partial charge >= 0.3 is 5.97 Å². The second kappa shape index (κ2) is 4.91. The van der Waals surface area contributed by atoms with Gasteiger partial charge in [0.2, 0.25) is 0 Å². The smallest absolute Gasteiger partial charge is 0.358 e. The Morgan fingerprint density at radius 2 is 1.94 bits per heavy atom. The maximum Gasteiger partial charge on any atom is 0.358 e. The number of aromatic carboxylic acids is 1. The van der Waals surface area contributed by atoms with Gasteiger partial charge in [0.25, 0.3) is 0 Å². The zero-order valence-electron chi connectivity index (χ0n) is 10.1. The molecule has 1 heterocycles. The Morgan fingerprint density at radius 3 is 2.44 bits per heavy atom. The van der Waals surface area contributed by atoms with Crippen molar-refractivity contribution in [2.24, 2.45) is 0 Å². The van der Waals surface area contributed by atoms with Crippen LogP contribution in [-0.4, -0.2) is 20.9 Å². The number of rotatable bonds is 4. The predicted octanol–water partition coefficient (Wildman–Crippen LogP) is 1.77. The van der Waals surface area contributed by atoms with Crippen LogP contribution in [0.2, 0.25) is 0 Å². The summed E-state index contributed by atoms with van der Waals surface area (Å²) in [5, 5.41) is 12.8. The number of carbonyl (C=O) groups is 1. The number of nitrogen functional groups attached to an aromatic ring is 1. The number of hydrogen-bond donors (Lipinski definition) is 2. The van der Waals surface area contributed by atoms with E-state index in [9.17, 15) is 4.79 Å². The molecule has 0 spiro atoms. The lowest BCUT2D eigenvalue weighted by Crippen LogP contribution is -2.04. The van der Waals surface area contributed by atoms with Gasteiger partial charge in [-0.25, -0.2) is 4.79 Å². The molecule has 18 heavy (non-hydrogen) atoms. The van der Waals surface area contributed by atoms with Crippen molar-refractivity contribution in [1.82, 2.24) is 9.78 Å². The van der Waals surface area contributed by atoms with Crippen molar-refractivity contribution in [2.75, 3.05) is 5.73 Å². The molecule has 0 atom stereocenters. The molecular weight excluding hydrogens is 230 g/mol. The number of aryl methyl sites for hydroxylation is 1. The molecule has 0 bridgehead atoms. The lowest BCUT2D eigenvalue weighted by Gasteiger charge is -2.03. The Kier molecular flexibility index (Phi) is 3.32. The van der Waals surface area contributed by atoms with Crippen LogP contribution in [-0.2, 0) is 13.0 Å². The Hall–Kier alpha value is -2.30. The standard InChI is InChI=1S/C13H15N3O2/c1-2-9-3-5-10(6-4-9)7-16-8-11(14)12(15-16)13(17)18/h3-6,8H,2,7,14H2,1H3,(H,17,18). The second-order valence-electron chi connectivity index (χ2n) is 4.11. The first-order valence-corrected chi connectivity index (χ1v) is 5.74. The number of carboxylic acids is 1. The largest absolute Gasteiger partial charge is 0.476 e. The summed E-state index contributed by atoms with van der Waals surface area (Å²) < 4.78 is 1.54. The van der Waals surface area contributed by atoms with E-state index in [1.165, 1.54) is 11.8 Å². The Bertz CT molecular complexity index is 558. The molecule has 2 aromatic rings. The lowest BCUT2D eigenvalue weighted by molar-refractivity contribution is 0.0690. The van der Waals surface area contributed by atoms with Crippen molar-refractivity contribution >= 4 is 11.7 Å². The molecule has 0 aliphatic carbocycles. The number of carboxylic acid groups (broad SMARTS) is 1. The highest BCUT2D eigenvalue weighted by Gasteiger charge is 2.13. The van der Waals surface area contributed by atoms with Gasteiger partial charge in [0, 0.05) is 6.20 Å². The molecule has 5 heteroatoms. The highest BCUT2D eigenvalue weighted by atomic mass is 16.4. The van der Waals surface area contributed by atoms with Crippen LogP contribution in [0.4, 0.5) is 5.69 Å². The average Bonchev–Trinajstić information content (AvgIpc) is 2.71. The maximum atomic E-state index is 10.8. The first-order valence-electron chi connectivity index (χ1n) is 5.74. The molecule has 1 aromatic carbocycles. The molecule has 2 rings (SSSR count). The van der Waals surface area contributed by atoms with Crippen molar-refractivity contribution in [1.29, 1.82) is 0 Å². The highest BCUT2D eigenvalue weighted by molar-refractivity contribution is 5.91. The van der Waals surface area contributed by atoms with Gasteiger partial charge in [-0.2, -0.15) is 5.10 Å². The molecule has 0 saturated heterocycles. The summed E-state index contributed by atoms with van der Waals surface area (Å²) in [5.41, 5.74) is 8.00. The summed E-state index contributed by atoms with van der Waals surface area (Å²) >= 11 is 0. The zero-order valence-corrected chi connectivity index (χ0v) is 10.1. The molecule has 94 valence electrons. The minimum absolute atomic E-state index is 0.0971. The summed E-state index contributed by atoms with van der Waals surface area (Å²) in [6.45, 7) is 2.61. The lowest BCUT2D eigenvalue weighted by atomic mass is 10.1. The zero-order chi connectivity index (χ0) is 13.1. The van der Waals surface area contributed by atoms with Gasteiger partial charge in [-0.15, -0.1) is 0 Å². The van der Waals surface area contributed by atoms with Crippen LogP contribution in [0, 0.1) is 0 Å². The van der Waals surface area contributed by atoms with Crippen LogP contribution in [0.5, 0.6) is 0 Å². The third-order valence-electron chi connectivity index (χ3n) is 2.77. The fraction of sp³-hybridized carbons (Fsp3) is 0.231. The quantitative estimate of drug-likeness (QED) is 0.860. The average molecular weight is 245 g/mol. The fourth-order valence-corrected chi connectivity index (χ4v) is 1.75. The topological polar surface area (TPSA) is 81.1 Å². The third-order valence-corrected chi connectivity index (χ3v) is 2.77. The van der Waals surface area contributed by atoms with Crippen LogP contribution in [0.25, 0.3) is 0 Å². The van der Waals surface area contributed by atoms with Crippen molar-refractivity contribution < 1.29 is 9.90 Å². The van der Waals surface area contributed by atoms with Crippen LogP contribution >= 0.6 is 0 Å². The Morgan fingerprint density at radius 1 is 1.33 bits per heavy atom. The number of benzene rings is 1. The third kappa shape index (κ3) is 2.51. The predicted molar refractivity (Wildman–Crippen MR) is 68.5 cm³/mol. The van der Waals surface area contributed by atoms with E-state index in [1.807, 2.05) is 12.1 Å². The van der Waals surface area contributed by atoms with E-state index in [1.54, 1.807) is 4.68 Å². The monoisotopic (exact) mass is 245 g/mol. The number of aromatic nitrogens is 2. The van der Waals surface area contributed by atoms with Gasteiger partial charge in [0.15, 0.2) is 5.69 Å². The minimum Gasteiger partial charge on any atom is -0.476 e. The van der Waals surface area contributed by atoms with Gasteiger partial charge < -0.3 is 10.8 Å². The second-order valence-corrected chi connectivity index (χ2v) is 4.11. The first kappa shape index (κ1) is 12.2. The minimum atomic E-state index is -1.10. The van der Waals surface area contributed by atoms with E-state index >= 15 is 0 Å². The molecule has 0 fully saturated rings. The van der Waals surface area contributed by atoms with Crippen LogP contribution in [0.15, 0.2) is 30.5 Å². The van der Waals surface area contributed by atoms with Crippen LogP contribution < -0.4 is 5.73 Å². The van der Waals surface area contributed by atoms with Gasteiger partial charge in [0.05, 0.1) is 12.2 Å². The normalized spacial score (nSPS) is 10.5. The van der Waals surface area contributed by atoms with E-state index in [0.717, 1.165) is 12.0 Å². The highest BCUT2D eigenvalue weighted by Crippen LogP contribution is 2.11. The van der Waals surface area contributed by atoms with Crippen molar-refractivity contribution in [3.8, 4) is 0 Å². The van der Waals surface area contributed by atoms with E-state index < -0.39 is 5.97 Å². The molecule has 3 N–H and O–H groups in total. The van der Waals surface area contributed by atoms with Gasteiger partial charge in [-0.05, 0) is 17.5 Å². The van der Waals surface area contributed by atoms with Gasteiger partial charge in [-0.3, -0.25) is 4.68 Å². The number of hydrogen-bond acceptors (Lipinski definition) is 3. The van der Waals surface area contributed by atoms with Crippen molar-refractivity contribution in [2.45, 2.75) is 19.9 Å². The van der Waals surface area contributed by atoms with Gasteiger partial charge in [0.1, 0.15) is 0 Å². The number of nitrogens with zero attached hydrogens (tertiary/aromatic N) is 2. The summed E-state index contributed by atoms with van der Waals surface area (Å²) in [4.78, 5) is 10.8. The number of nitrogens with two attached hydrogens (primary N) is 1. The Balaban J connectivity index is 2.18. The SMILES string of the molecule is CCc1ccc(Cn2cc(N)c(C(=O)O)n2)cc1.